The first-order chi connectivity index (χ1) is 9.74. The number of pyridine rings is 1. The molecule has 1 N–H and O–H groups in total. The van der Waals surface area contributed by atoms with Gasteiger partial charge in [0.2, 0.25) is 0 Å². The van der Waals surface area contributed by atoms with E-state index in [9.17, 15) is 0 Å². The molecule has 0 bridgehead atoms. The molecular formula is C16H22N2O2. The number of aromatic nitrogens is 1. The zero-order valence-corrected chi connectivity index (χ0v) is 12.4. The average Bonchev–Trinajstić information content (AvgIpc) is 2.91. The third-order valence-electron chi connectivity index (χ3n) is 3.16. The normalized spacial score (nSPS) is 10.8. The summed E-state index contributed by atoms with van der Waals surface area (Å²) >= 11 is 0. The van der Waals surface area contributed by atoms with E-state index in [2.05, 4.69) is 24.1 Å². The minimum absolute atomic E-state index is 0.509. The maximum absolute atomic E-state index is 5.90. The highest BCUT2D eigenvalue weighted by atomic mass is 16.5. The molecule has 0 fully saturated rings. The van der Waals surface area contributed by atoms with Gasteiger partial charge in [0, 0.05) is 11.3 Å². The Morgan fingerprint density at radius 3 is 2.85 bits per heavy atom. The Hall–Kier alpha value is -1.81. The van der Waals surface area contributed by atoms with Crippen LogP contribution in [0.25, 0.3) is 0 Å². The average molecular weight is 274 g/mol. The molecule has 0 aliphatic heterocycles. The van der Waals surface area contributed by atoms with Crippen LogP contribution in [-0.2, 0) is 19.6 Å². The summed E-state index contributed by atoms with van der Waals surface area (Å²) in [6.07, 6.45) is 2.58. The molecular weight excluding hydrogens is 252 g/mol. The number of ether oxygens (including phenoxy) is 1. The zero-order valence-electron chi connectivity index (χ0n) is 12.4. The monoisotopic (exact) mass is 274 g/mol. The van der Waals surface area contributed by atoms with Crippen molar-refractivity contribution < 1.29 is 9.15 Å². The molecule has 0 aliphatic carbocycles. The van der Waals surface area contributed by atoms with E-state index in [1.807, 2.05) is 25.1 Å². The standard InChI is InChI=1S/C16H22N2O2/c1-4-14-15(7-6-12(3)18-14)20-11-13-8-9-19-16(13)10-17-5-2/h6-9,17H,4-5,10-11H2,1-3H3. The van der Waals surface area contributed by atoms with Crippen LogP contribution in [0.2, 0.25) is 0 Å². The van der Waals surface area contributed by atoms with E-state index in [4.69, 9.17) is 9.15 Å². The van der Waals surface area contributed by atoms with Gasteiger partial charge in [-0.25, -0.2) is 0 Å². The summed E-state index contributed by atoms with van der Waals surface area (Å²) in [5.74, 6) is 1.79. The van der Waals surface area contributed by atoms with Crippen molar-refractivity contribution in [2.45, 2.75) is 40.3 Å². The Morgan fingerprint density at radius 1 is 1.25 bits per heavy atom. The molecule has 4 heteroatoms. The Labute approximate surface area is 120 Å². The Morgan fingerprint density at radius 2 is 2.10 bits per heavy atom. The number of hydrogen-bond donors (Lipinski definition) is 1. The van der Waals surface area contributed by atoms with E-state index in [-0.39, 0.29) is 0 Å². The molecule has 0 aliphatic rings. The number of aryl methyl sites for hydroxylation is 2. The van der Waals surface area contributed by atoms with Crippen LogP contribution in [-0.4, -0.2) is 11.5 Å². The van der Waals surface area contributed by atoms with Crippen molar-refractivity contribution in [2.75, 3.05) is 6.54 Å². The van der Waals surface area contributed by atoms with Crippen molar-refractivity contribution in [1.82, 2.24) is 10.3 Å². The number of nitrogens with zero attached hydrogens (tertiary/aromatic N) is 1. The van der Waals surface area contributed by atoms with Crippen LogP contribution in [0.15, 0.2) is 28.9 Å². The Kier molecular flexibility index (Phi) is 5.18. The molecule has 0 amide bonds. The SMILES string of the molecule is CCNCc1occc1COc1ccc(C)nc1CC. The maximum atomic E-state index is 5.90. The van der Waals surface area contributed by atoms with Crippen molar-refractivity contribution in [3.63, 3.8) is 0 Å². The quantitative estimate of drug-likeness (QED) is 0.842. The molecule has 0 spiro atoms. The molecule has 0 atom stereocenters. The first-order valence-electron chi connectivity index (χ1n) is 7.09. The van der Waals surface area contributed by atoms with Crippen molar-refractivity contribution >= 4 is 0 Å². The third-order valence-corrected chi connectivity index (χ3v) is 3.16. The van der Waals surface area contributed by atoms with Gasteiger partial charge in [-0.1, -0.05) is 13.8 Å². The molecule has 4 nitrogen and oxygen atoms in total. The second-order valence-corrected chi connectivity index (χ2v) is 4.69. The third kappa shape index (κ3) is 3.61. The van der Waals surface area contributed by atoms with Gasteiger partial charge in [-0.2, -0.15) is 0 Å². The molecule has 0 aromatic carbocycles. The number of nitrogens with one attached hydrogen (secondary N) is 1. The van der Waals surface area contributed by atoms with Gasteiger partial charge in [-0.15, -0.1) is 0 Å². The first kappa shape index (κ1) is 14.6. The fourth-order valence-electron chi connectivity index (χ4n) is 2.03. The smallest absolute Gasteiger partial charge is 0.141 e. The largest absolute Gasteiger partial charge is 0.487 e. The van der Waals surface area contributed by atoms with E-state index in [0.717, 1.165) is 48.0 Å². The van der Waals surface area contributed by atoms with Crippen LogP contribution in [0.3, 0.4) is 0 Å². The topological polar surface area (TPSA) is 47.3 Å². The molecule has 108 valence electrons. The summed E-state index contributed by atoms with van der Waals surface area (Å²) in [6.45, 7) is 8.31. The lowest BCUT2D eigenvalue weighted by Gasteiger charge is -2.10. The van der Waals surface area contributed by atoms with Crippen LogP contribution in [0.4, 0.5) is 0 Å². The fourth-order valence-corrected chi connectivity index (χ4v) is 2.03. The van der Waals surface area contributed by atoms with Crippen LogP contribution in [0.1, 0.15) is 36.6 Å². The van der Waals surface area contributed by atoms with Crippen molar-refractivity contribution in [3.05, 3.63) is 47.2 Å². The number of furan rings is 1. The van der Waals surface area contributed by atoms with Gasteiger partial charge < -0.3 is 14.5 Å². The van der Waals surface area contributed by atoms with Gasteiger partial charge in [0.15, 0.2) is 0 Å². The van der Waals surface area contributed by atoms with E-state index in [0.29, 0.717) is 6.61 Å². The van der Waals surface area contributed by atoms with Crippen LogP contribution in [0.5, 0.6) is 5.75 Å². The fraction of sp³-hybridized carbons (Fsp3) is 0.438. The van der Waals surface area contributed by atoms with Crippen molar-refractivity contribution in [2.24, 2.45) is 0 Å². The zero-order chi connectivity index (χ0) is 14.4. The van der Waals surface area contributed by atoms with Crippen LogP contribution < -0.4 is 10.1 Å². The predicted molar refractivity (Wildman–Crippen MR) is 78.8 cm³/mol. The summed E-state index contributed by atoms with van der Waals surface area (Å²) in [7, 11) is 0. The van der Waals surface area contributed by atoms with Gasteiger partial charge in [-0.3, -0.25) is 4.98 Å². The molecule has 2 heterocycles. The lowest BCUT2D eigenvalue weighted by atomic mass is 10.2. The summed E-state index contributed by atoms with van der Waals surface area (Å²) in [4.78, 5) is 4.50. The summed E-state index contributed by atoms with van der Waals surface area (Å²) < 4.78 is 11.4. The molecule has 2 aromatic heterocycles. The lowest BCUT2D eigenvalue weighted by molar-refractivity contribution is 0.296. The van der Waals surface area contributed by atoms with Crippen LogP contribution >= 0.6 is 0 Å². The highest BCUT2D eigenvalue weighted by molar-refractivity contribution is 5.30. The molecule has 2 rings (SSSR count). The molecule has 2 aromatic rings. The van der Waals surface area contributed by atoms with Crippen molar-refractivity contribution in [3.8, 4) is 5.75 Å². The van der Waals surface area contributed by atoms with E-state index < -0.39 is 0 Å². The van der Waals surface area contributed by atoms with Crippen molar-refractivity contribution in [1.29, 1.82) is 0 Å². The minimum atomic E-state index is 0.509. The Balaban J connectivity index is 2.03. The van der Waals surface area contributed by atoms with E-state index in [1.54, 1.807) is 6.26 Å². The summed E-state index contributed by atoms with van der Waals surface area (Å²) in [5.41, 5.74) is 3.10. The molecule has 0 unspecified atom stereocenters. The van der Waals surface area contributed by atoms with E-state index >= 15 is 0 Å². The maximum Gasteiger partial charge on any atom is 0.141 e. The number of rotatable bonds is 7. The van der Waals surface area contributed by atoms with Gasteiger partial charge >= 0.3 is 0 Å². The molecule has 0 saturated heterocycles. The van der Waals surface area contributed by atoms with Gasteiger partial charge in [0.25, 0.3) is 0 Å². The van der Waals surface area contributed by atoms with Gasteiger partial charge in [-0.05, 0) is 38.1 Å². The molecule has 0 saturated carbocycles. The molecule has 20 heavy (non-hydrogen) atoms. The predicted octanol–water partition coefficient (Wildman–Crippen LogP) is 3.23. The molecule has 0 radical (unpaired) electrons. The van der Waals surface area contributed by atoms with E-state index in [1.165, 1.54) is 0 Å². The van der Waals surface area contributed by atoms with Gasteiger partial charge in [0.05, 0.1) is 18.5 Å². The summed E-state index contributed by atoms with van der Waals surface area (Å²) in [6, 6.07) is 5.93. The highest BCUT2D eigenvalue weighted by Gasteiger charge is 2.09. The van der Waals surface area contributed by atoms with Crippen LogP contribution in [0, 0.1) is 6.92 Å². The number of hydrogen-bond acceptors (Lipinski definition) is 4. The second-order valence-electron chi connectivity index (χ2n) is 4.69. The Bertz CT molecular complexity index is 549. The lowest BCUT2D eigenvalue weighted by Crippen LogP contribution is -2.13. The second kappa shape index (κ2) is 7.10. The minimum Gasteiger partial charge on any atom is -0.487 e. The summed E-state index contributed by atoms with van der Waals surface area (Å²) in [5, 5.41) is 3.26. The highest BCUT2D eigenvalue weighted by Crippen LogP contribution is 2.20. The first-order valence-corrected chi connectivity index (χ1v) is 7.09. The van der Waals surface area contributed by atoms with Gasteiger partial charge in [0.1, 0.15) is 18.1 Å².